The maximum atomic E-state index is 11.2. The molecule has 14 heavy (non-hydrogen) atoms. The average molecular weight is 195 g/mol. The number of nitrogens with zero attached hydrogens (tertiary/aromatic N) is 1. The molecule has 80 valence electrons. The fourth-order valence-electron chi connectivity index (χ4n) is 2.73. The van der Waals surface area contributed by atoms with E-state index in [1.807, 2.05) is 0 Å². The number of hydrogen-bond donors (Lipinski definition) is 0. The molecule has 0 bridgehead atoms. The summed E-state index contributed by atoms with van der Waals surface area (Å²) < 4.78 is 0. The monoisotopic (exact) mass is 195 g/mol. The van der Waals surface area contributed by atoms with Crippen LogP contribution in [0.25, 0.3) is 0 Å². The SMILES string of the molecule is CC1CCN(C2CCC(=O)C2)CC1C. The molecule has 2 fully saturated rings. The lowest BCUT2D eigenvalue weighted by Gasteiger charge is -2.38. The molecule has 1 aliphatic carbocycles. The maximum Gasteiger partial charge on any atom is 0.134 e. The Morgan fingerprint density at radius 3 is 2.57 bits per heavy atom. The molecule has 3 atom stereocenters. The van der Waals surface area contributed by atoms with E-state index in [1.54, 1.807) is 0 Å². The quantitative estimate of drug-likeness (QED) is 0.638. The molecule has 0 spiro atoms. The second-order valence-electron chi connectivity index (χ2n) is 5.17. The third-order valence-corrected chi connectivity index (χ3v) is 4.10. The van der Waals surface area contributed by atoms with Gasteiger partial charge in [-0.2, -0.15) is 0 Å². The Morgan fingerprint density at radius 1 is 1.21 bits per heavy atom. The molecule has 0 amide bonds. The van der Waals surface area contributed by atoms with Crippen LogP contribution in [-0.2, 0) is 4.79 Å². The molecule has 1 aliphatic heterocycles. The smallest absolute Gasteiger partial charge is 0.134 e. The molecule has 2 rings (SSSR count). The summed E-state index contributed by atoms with van der Waals surface area (Å²) in [4.78, 5) is 13.8. The van der Waals surface area contributed by atoms with Crippen molar-refractivity contribution in [1.82, 2.24) is 4.90 Å². The van der Waals surface area contributed by atoms with Gasteiger partial charge in [-0.1, -0.05) is 13.8 Å². The van der Waals surface area contributed by atoms with Gasteiger partial charge in [0.15, 0.2) is 0 Å². The Kier molecular flexibility index (Phi) is 2.91. The van der Waals surface area contributed by atoms with Crippen LogP contribution in [0.5, 0.6) is 0 Å². The highest BCUT2D eigenvalue weighted by atomic mass is 16.1. The van der Waals surface area contributed by atoms with E-state index >= 15 is 0 Å². The van der Waals surface area contributed by atoms with Crippen LogP contribution < -0.4 is 0 Å². The van der Waals surface area contributed by atoms with Crippen molar-refractivity contribution in [2.24, 2.45) is 11.8 Å². The number of rotatable bonds is 1. The Labute approximate surface area is 86.7 Å². The van der Waals surface area contributed by atoms with E-state index in [9.17, 15) is 4.79 Å². The van der Waals surface area contributed by atoms with E-state index < -0.39 is 0 Å². The van der Waals surface area contributed by atoms with Gasteiger partial charge in [-0.25, -0.2) is 0 Å². The van der Waals surface area contributed by atoms with Crippen molar-refractivity contribution < 1.29 is 4.79 Å². The third kappa shape index (κ3) is 2.00. The van der Waals surface area contributed by atoms with Gasteiger partial charge in [0.25, 0.3) is 0 Å². The highest BCUT2D eigenvalue weighted by Crippen LogP contribution is 2.28. The summed E-state index contributed by atoms with van der Waals surface area (Å²) in [6.07, 6.45) is 4.07. The van der Waals surface area contributed by atoms with Crippen LogP contribution in [0.4, 0.5) is 0 Å². The summed E-state index contributed by atoms with van der Waals surface area (Å²) >= 11 is 0. The van der Waals surface area contributed by atoms with E-state index in [1.165, 1.54) is 19.5 Å². The fourth-order valence-corrected chi connectivity index (χ4v) is 2.73. The Hall–Kier alpha value is -0.370. The molecule has 2 nitrogen and oxygen atoms in total. The molecule has 0 aromatic rings. The van der Waals surface area contributed by atoms with Crippen LogP contribution in [0.3, 0.4) is 0 Å². The minimum Gasteiger partial charge on any atom is -0.300 e. The summed E-state index contributed by atoms with van der Waals surface area (Å²) in [7, 11) is 0. The summed E-state index contributed by atoms with van der Waals surface area (Å²) in [6.45, 7) is 7.11. The van der Waals surface area contributed by atoms with Gasteiger partial charge >= 0.3 is 0 Å². The number of likely N-dealkylation sites (tertiary alicyclic amines) is 1. The van der Waals surface area contributed by atoms with Gasteiger partial charge in [0, 0.05) is 25.4 Å². The number of carbonyl (C=O) groups is 1. The van der Waals surface area contributed by atoms with Crippen molar-refractivity contribution in [3.63, 3.8) is 0 Å². The van der Waals surface area contributed by atoms with E-state index in [2.05, 4.69) is 18.7 Å². The van der Waals surface area contributed by atoms with Crippen LogP contribution in [0.1, 0.15) is 39.5 Å². The van der Waals surface area contributed by atoms with E-state index in [4.69, 9.17) is 0 Å². The Bertz CT molecular complexity index is 226. The number of carbonyl (C=O) groups excluding carboxylic acids is 1. The predicted molar refractivity (Wildman–Crippen MR) is 57.2 cm³/mol. The van der Waals surface area contributed by atoms with Gasteiger partial charge in [0.2, 0.25) is 0 Å². The topological polar surface area (TPSA) is 20.3 Å². The van der Waals surface area contributed by atoms with Crippen LogP contribution in [-0.4, -0.2) is 29.8 Å². The van der Waals surface area contributed by atoms with Crippen molar-refractivity contribution in [2.45, 2.75) is 45.6 Å². The minimum atomic E-state index is 0.473. The number of ketones is 1. The zero-order valence-corrected chi connectivity index (χ0v) is 9.33. The first kappa shape index (κ1) is 10.2. The maximum absolute atomic E-state index is 11.2. The fraction of sp³-hybridized carbons (Fsp3) is 0.917. The van der Waals surface area contributed by atoms with Crippen molar-refractivity contribution in [3.8, 4) is 0 Å². The molecule has 1 heterocycles. The molecule has 2 aliphatic rings. The molecule has 3 unspecified atom stereocenters. The van der Waals surface area contributed by atoms with Gasteiger partial charge in [0.1, 0.15) is 5.78 Å². The lowest BCUT2D eigenvalue weighted by molar-refractivity contribution is -0.117. The molecule has 2 heteroatoms. The normalized spacial score (nSPS) is 40.4. The summed E-state index contributed by atoms with van der Waals surface area (Å²) in [5.41, 5.74) is 0. The summed E-state index contributed by atoms with van der Waals surface area (Å²) in [5, 5.41) is 0. The first-order valence-electron chi connectivity index (χ1n) is 5.92. The van der Waals surface area contributed by atoms with Crippen molar-refractivity contribution in [1.29, 1.82) is 0 Å². The molecule has 0 aromatic heterocycles. The minimum absolute atomic E-state index is 0.473. The van der Waals surface area contributed by atoms with E-state index in [0.29, 0.717) is 11.8 Å². The lowest BCUT2D eigenvalue weighted by Crippen LogP contribution is -2.43. The first-order valence-corrected chi connectivity index (χ1v) is 5.92. The molecule has 1 saturated carbocycles. The highest BCUT2D eigenvalue weighted by molar-refractivity contribution is 5.81. The Balaban J connectivity index is 1.90. The number of hydrogen-bond acceptors (Lipinski definition) is 2. The molecule has 1 saturated heterocycles. The standard InChI is InChI=1S/C12H21NO/c1-9-5-6-13(8-10(9)2)11-3-4-12(14)7-11/h9-11H,3-8H2,1-2H3. The van der Waals surface area contributed by atoms with Crippen molar-refractivity contribution >= 4 is 5.78 Å². The van der Waals surface area contributed by atoms with Crippen LogP contribution in [0.15, 0.2) is 0 Å². The number of piperidine rings is 1. The third-order valence-electron chi connectivity index (χ3n) is 4.10. The second-order valence-corrected chi connectivity index (χ2v) is 5.17. The predicted octanol–water partition coefficient (Wildman–Crippen LogP) is 2.09. The van der Waals surface area contributed by atoms with E-state index in [0.717, 1.165) is 31.1 Å². The van der Waals surface area contributed by atoms with Gasteiger partial charge in [-0.3, -0.25) is 9.69 Å². The largest absolute Gasteiger partial charge is 0.300 e. The van der Waals surface area contributed by atoms with Gasteiger partial charge in [-0.05, 0) is 31.2 Å². The summed E-state index contributed by atoms with van der Waals surface area (Å²) in [5.74, 6) is 2.14. The van der Waals surface area contributed by atoms with Gasteiger partial charge < -0.3 is 0 Å². The molecule has 0 radical (unpaired) electrons. The highest BCUT2D eigenvalue weighted by Gasteiger charge is 2.31. The van der Waals surface area contributed by atoms with Crippen LogP contribution in [0.2, 0.25) is 0 Å². The lowest BCUT2D eigenvalue weighted by atomic mass is 9.88. The van der Waals surface area contributed by atoms with Crippen molar-refractivity contribution in [2.75, 3.05) is 13.1 Å². The van der Waals surface area contributed by atoms with Crippen LogP contribution >= 0.6 is 0 Å². The Morgan fingerprint density at radius 2 is 2.00 bits per heavy atom. The van der Waals surface area contributed by atoms with E-state index in [-0.39, 0.29) is 0 Å². The molecule has 0 N–H and O–H groups in total. The molecular formula is C12H21NO. The zero-order valence-electron chi connectivity index (χ0n) is 9.33. The average Bonchev–Trinajstić information content (AvgIpc) is 2.57. The molecule has 0 aromatic carbocycles. The first-order chi connectivity index (χ1) is 6.66. The van der Waals surface area contributed by atoms with Crippen molar-refractivity contribution in [3.05, 3.63) is 0 Å². The van der Waals surface area contributed by atoms with Gasteiger partial charge in [0.05, 0.1) is 0 Å². The molecular weight excluding hydrogens is 174 g/mol. The van der Waals surface area contributed by atoms with Gasteiger partial charge in [-0.15, -0.1) is 0 Å². The van der Waals surface area contributed by atoms with Crippen LogP contribution in [0, 0.1) is 11.8 Å². The second kappa shape index (κ2) is 4.01. The number of Topliss-reactive ketones (excluding diaryl/α,β-unsaturated/α-hetero) is 1. The zero-order chi connectivity index (χ0) is 10.1. The summed E-state index contributed by atoms with van der Waals surface area (Å²) in [6, 6.07) is 0.581.